The molecule has 0 saturated carbocycles. The number of benzene rings is 1. The zero-order chi connectivity index (χ0) is 15.6. The van der Waals surface area contributed by atoms with Crippen molar-refractivity contribution in [1.29, 1.82) is 0 Å². The van der Waals surface area contributed by atoms with Gasteiger partial charge in [0, 0.05) is 18.8 Å². The van der Waals surface area contributed by atoms with Crippen molar-refractivity contribution in [3.63, 3.8) is 0 Å². The third-order valence-electron chi connectivity index (χ3n) is 2.80. The third-order valence-corrected chi connectivity index (χ3v) is 2.80. The normalized spacial score (nSPS) is 10.2. The molecule has 22 heavy (non-hydrogen) atoms. The Kier molecular flexibility index (Phi) is 6.32. The lowest BCUT2D eigenvalue weighted by Gasteiger charge is -2.09. The van der Waals surface area contributed by atoms with Crippen molar-refractivity contribution >= 4 is 11.7 Å². The van der Waals surface area contributed by atoms with Crippen LogP contribution in [0.25, 0.3) is 0 Å². The summed E-state index contributed by atoms with van der Waals surface area (Å²) in [7, 11) is 0. The van der Waals surface area contributed by atoms with E-state index in [1.54, 1.807) is 18.3 Å². The third kappa shape index (κ3) is 5.49. The number of carbonyl (C=O) groups excluding carboxylic acids is 1. The first-order valence-electron chi connectivity index (χ1n) is 6.97. The molecule has 0 fully saturated rings. The Balaban J connectivity index is 1.85. The van der Waals surface area contributed by atoms with Gasteiger partial charge in [-0.2, -0.15) is 0 Å². The predicted molar refractivity (Wildman–Crippen MR) is 82.5 cm³/mol. The summed E-state index contributed by atoms with van der Waals surface area (Å²) in [5, 5.41) is 5.29. The Morgan fingerprint density at radius 2 is 2.05 bits per heavy atom. The van der Waals surface area contributed by atoms with Crippen molar-refractivity contribution < 1.29 is 13.9 Å². The van der Waals surface area contributed by atoms with E-state index in [0.717, 1.165) is 5.56 Å². The summed E-state index contributed by atoms with van der Waals surface area (Å²) in [5.41, 5.74) is 1.06. The molecule has 0 aliphatic carbocycles. The van der Waals surface area contributed by atoms with Gasteiger partial charge in [0.1, 0.15) is 24.8 Å². The molecule has 2 aromatic rings. The standard InChI is InChI=1S/C16H18FN3O2/c17-7-9-18-11-16(21)20-15-10-14(6-8-19-15)22-12-13-4-2-1-3-5-13/h1-6,8,10,18H,7,9,11-12H2,(H,19,20,21). The van der Waals surface area contributed by atoms with Crippen LogP contribution < -0.4 is 15.4 Å². The van der Waals surface area contributed by atoms with E-state index in [0.29, 0.717) is 18.2 Å². The fourth-order valence-corrected chi connectivity index (χ4v) is 1.77. The zero-order valence-corrected chi connectivity index (χ0v) is 12.1. The summed E-state index contributed by atoms with van der Waals surface area (Å²) in [5.74, 6) is 0.740. The maximum Gasteiger partial charge on any atom is 0.239 e. The number of pyridine rings is 1. The van der Waals surface area contributed by atoms with E-state index < -0.39 is 6.67 Å². The van der Waals surface area contributed by atoms with Crippen LogP contribution in [-0.2, 0) is 11.4 Å². The molecule has 0 spiro atoms. The van der Waals surface area contributed by atoms with E-state index in [1.165, 1.54) is 0 Å². The molecule has 1 amide bonds. The lowest BCUT2D eigenvalue weighted by atomic mass is 10.2. The number of anilines is 1. The van der Waals surface area contributed by atoms with Gasteiger partial charge in [-0.05, 0) is 11.6 Å². The summed E-state index contributed by atoms with van der Waals surface area (Å²) >= 11 is 0. The molecule has 2 rings (SSSR count). The number of hydrogen-bond donors (Lipinski definition) is 2. The number of nitrogens with zero attached hydrogens (tertiary/aromatic N) is 1. The van der Waals surface area contributed by atoms with Gasteiger partial charge in [0.25, 0.3) is 0 Å². The second-order valence-corrected chi connectivity index (χ2v) is 4.56. The number of halogens is 1. The van der Waals surface area contributed by atoms with Crippen LogP contribution in [-0.4, -0.2) is 30.7 Å². The van der Waals surface area contributed by atoms with Gasteiger partial charge in [-0.1, -0.05) is 30.3 Å². The summed E-state index contributed by atoms with van der Waals surface area (Å²) in [6, 6.07) is 13.2. The number of alkyl halides is 1. The number of rotatable bonds is 8. The van der Waals surface area contributed by atoms with Gasteiger partial charge in [0.05, 0.1) is 6.54 Å². The van der Waals surface area contributed by atoms with Crippen molar-refractivity contribution in [2.75, 3.05) is 25.1 Å². The van der Waals surface area contributed by atoms with E-state index in [2.05, 4.69) is 15.6 Å². The Morgan fingerprint density at radius 3 is 2.82 bits per heavy atom. The van der Waals surface area contributed by atoms with Gasteiger partial charge in [0.2, 0.25) is 5.91 Å². The van der Waals surface area contributed by atoms with Crippen molar-refractivity contribution in [2.45, 2.75) is 6.61 Å². The quantitative estimate of drug-likeness (QED) is 0.734. The lowest BCUT2D eigenvalue weighted by molar-refractivity contribution is -0.115. The highest BCUT2D eigenvalue weighted by Gasteiger charge is 2.04. The van der Waals surface area contributed by atoms with E-state index in [-0.39, 0.29) is 19.0 Å². The van der Waals surface area contributed by atoms with Crippen LogP contribution in [0.5, 0.6) is 5.75 Å². The van der Waals surface area contributed by atoms with Gasteiger partial charge in [-0.25, -0.2) is 9.37 Å². The maximum atomic E-state index is 11.9. The first kappa shape index (κ1) is 15.9. The topological polar surface area (TPSA) is 63.2 Å². The second kappa shape index (κ2) is 8.74. The summed E-state index contributed by atoms with van der Waals surface area (Å²) in [6.07, 6.45) is 1.56. The average molecular weight is 303 g/mol. The number of hydrogen-bond acceptors (Lipinski definition) is 4. The molecular weight excluding hydrogens is 285 g/mol. The predicted octanol–water partition coefficient (Wildman–Crippen LogP) is 2.16. The maximum absolute atomic E-state index is 11.9. The van der Waals surface area contributed by atoms with Gasteiger partial charge in [-0.3, -0.25) is 4.79 Å². The first-order chi connectivity index (χ1) is 10.8. The number of nitrogens with one attached hydrogen (secondary N) is 2. The fourth-order valence-electron chi connectivity index (χ4n) is 1.77. The SMILES string of the molecule is O=C(CNCCF)Nc1cc(OCc2ccccc2)ccn1. The summed E-state index contributed by atoms with van der Waals surface area (Å²) in [6.45, 7) is 0.131. The number of carbonyl (C=O) groups is 1. The van der Waals surface area contributed by atoms with Crippen LogP contribution in [0.4, 0.5) is 10.2 Å². The minimum absolute atomic E-state index is 0.0424. The Hall–Kier alpha value is -2.47. The molecule has 0 aliphatic rings. The highest BCUT2D eigenvalue weighted by Crippen LogP contribution is 2.16. The monoisotopic (exact) mass is 303 g/mol. The molecule has 2 N–H and O–H groups in total. The number of amides is 1. The van der Waals surface area contributed by atoms with Crippen molar-refractivity contribution in [3.05, 3.63) is 54.2 Å². The molecule has 0 atom stereocenters. The molecule has 0 aliphatic heterocycles. The van der Waals surface area contributed by atoms with Crippen LogP contribution in [0.1, 0.15) is 5.56 Å². The van der Waals surface area contributed by atoms with Crippen molar-refractivity contribution in [2.24, 2.45) is 0 Å². The van der Waals surface area contributed by atoms with Crippen LogP contribution >= 0.6 is 0 Å². The minimum atomic E-state index is -0.506. The molecule has 0 unspecified atom stereocenters. The molecule has 1 heterocycles. The van der Waals surface area contributed by atoms with Gasteiger partial charge < -0.3 is 15.4 Å². The van der Waals surface area contributed by atoms with Crippen molar-refractivity contribution in [3.8, 4) is 5.75 Å². The molecule has 0 bridgehead atoms. The summed E-state index contributed by atoms with van der Waals surface area (Å²) < 4.78 is 17.6. The largest absolute Gasteiger partial charge is 0.489 e. The summed E-state index contributed by atoms with van der Waals surface area (Å²) in [4.78, 5) is 15.6. The van der Waals surface area contributed by atoms with Gasteiger partial charge in [-0.15, -0.1) is 0 Å². The molecule has 0 radical (unpaired) electrons. The highest BCUT2D eigenvalue weighted by molar-refractivity contribution is 5.91. The Morgan fingerprint density at radius 1 is 1.23 bits per heavy atom. The lowest BCUT2D eigenvalue weighted by Crippen LogP contribution is -2.29. The molecule has 0 saturated heterocycles. The number of ether oxygens (including phenoxy) is 1. The number of aromatic nitrogens is 1. The second-order valence-electron chi connectivity index (χ2n) is 4.56. The van der Waals surface area contributed by atoms with E-state index in [1.807, 2.05) is 30.3 Å². The highest BCUT2D eigenvalue weighted by atomic mass is 19.1. The van der Waals surface area contributed by atoms with Gasteiger partial charge in [0.15, 0.2) is 0 Å². The van der Waals surface area contributed by atoms with Crippen molar-refractivity contribution in [1.82, 2.24) is 10.3 Å². The molecule has 5 nitrogen and oxygen atoms in total. The zero-order valence-electron chi connectivity index (χ0n) is 12.1. The molecule has 1 aromatic heterocycles. The van der Waals surface area contributed by atoms with Crippen LogP contribution in [0.15, 0.2) is 48.7 Å². The molecule has 6 heteroatoms. The molecule has 1 aromatic carbocycles. The van der Waals surface area contributed by atoms with E-state index in [9.17, 15) is 9.18 Å². The van der Waals surface area contributed by atoms with Crippen LogP contribution in [0.3, 0.4) is 0 Å². The van der Waals surface area contributed by atoms with E-state index >= 15 is 0 Å². The van der Waals surface area contributed by atoms with Gasteiger partial charge >= 0.3 is 0 Å². The van der Waals surface area contributed by atoms with Crippen LogP contribution in [0, 0.1) is 0 Å². The Bertz CT molecular complexity index is 593. The van der Waals surface area contributed by atoms with E-state index in [4.69, 9.17) is 4.74 Å². The van der Waals surface area contributed by atoms with Crippen LogP contribution in [0.2, 0.25) is 0 Å². The fraction of sp³-hybridized carbons (Fsp3) is 0.250. The Labute approximate surface area is 128 Å². The first-order valence-corrected chi connectivity index (χ1v) is 6.97. The minimum Gasteiger partial charge on any atom is -0.489 e. The smallest absolute Gasteiger partial charge is 0.239 e. The molecule has 116 valence electrons. The molecular formula is C16H18FN3O2. The average Bonchev–Trinajstić information content (AvgIpc) is 2.54.